The summed E-state index contributed by atoms with van der Waals surface area (Å²) >= 11 is 0. The summed E-state index contributed by atoms with van der Waals surface area (Å²) in [7, 11) is 0. The Morgan fingerprint density at radius 3 is 1.90 bits per heavy atom. The average molecular weight is 300 g/mol. The zero-order chi connectivity index (χ0) is 16.6. The quantitative estimate of drug-likeness (QED) is 0.477. The first kappa shape index (κ1) is 19.4. The zero-order valence-corrected chi connectivity index (χ0v) is 13.5. The molecule has 2 atom stereocenters. The smallest absolute Gasteiger partial charge is 0.243 e. The third-order valence-electron chi connectivity index (χ3n) is 2.97. The van der Waals surface area contributed by atoms with Crippen molar-refractivity contribution in [2.75, 3.05) is 13.1 Å². The second-order valence-electron chi connectivity index (χ2n) is 5.69. The van der Waals surface area contributed by atoms with Gasteiger partial charge in [-0.3, -0.25) is 14.4 Å². The summed E-state index contributed by atoms with van der Waals surface area (Å²) in [6, 6.07) is -1.34. The van der Waals surface area contributed by atoms with Crippen molar-refractivity contribution in [2.45, 2.75) is 46.7 Å². The van der Waals surface area contributed by atoms with Crippen LogP contribution in [0.4, 0.5) is 0 Å². The van der Waals surface area contributed by atoms with Gasteiger partial charge >= 0.3 is 0 Å². The lowest BCUT2D eigenvalue weighted by molar-refractivity contribution is -0.133. The van der Waals surface area contributed by atoms with Gasteiger partial charge < -0.3 is 21.7 Å². The van der Waals surface area contributed by atoms with Crippen LogP contribution in [0.25, 0.3) is 0 Å². The molecule has 0 aromatic heterocycles. The summed E-state index contributed by atoms with van der Waals surface area (Å²) in [6.07, 6.45) is 0. The van der Waals surface area contributed by atoms with Gasteiger partial charge in [-0.2, -0.15) is 0 Å². The lowest BCUT2D eigenvalue weighted by Crippen LogP contribution is -2.55. The molecule has 0 aliphatic heterocycles. The van der Waals surface area contributed by atoms with E-state index in [1.807, 2.05) is 13.8 Å². The van der Waals surface area contributed by atoms with Gasteiger partial charge in [0, 0.05) is 19.0 Å². The Morgan fingerprint density at radius 1 is 0.905 bits per heavy atom. The van der Waals surface area contributed by atoms with Gasteiger partial charge in [0.2, 0.25) is 17.7 Å². The molecule has 0 fully saturated rings. The van der Waals surface area contributed by atoms with Crippen LogP contribution in [0.1, 0.15) is 34.6 Å². The molecule has 0 spiro atoms. The van der Waals surface area contributed by atoms with Gasteiger partial charge in [-0.15, -0.1) is 0 Å². The van der Waals surface area contributed by atoms with Crippen molar-refractivity contribution in [1.82, 2.24) is 16.0 Å². The Kier molecular flexibility index (Phi) is 8.61. The number of hydrogen-bond acceptors (Lipinski definition) is 4. The fourth-order valence-electron chi connectivity index (χ4n) is 1.57. The second kappa shape index (κ2) is 9.33. The molecule has 7 heteroatoms. The highest BCUT2D eigenvalue weighted by Gasteiger charge is 2.27. The summed E-state index contributed by atoms with van der Waals surface area (Å²) in [5, 5.41) is 7.91. The Bertz CT molecular complexity index is 369. The molecule has 1 unspecified atom stereocenters. The molecule has 0 saturated heterocycles. The van der Waals surface area contributed by atoms with Gasteiger partial charge in [-0.1, -0.05) is 27.7 Å². The molecule has 0 aliphatic rings. The minimum absolute atomic E-state index is 0.0768. The Labute approximate surface area is 126 Å². The number of carbonyl (C=O) groups excluding carboxylic acids is 3. The molecule has 5 N–H and O–H groups in total. The molecule has 21 heavy (non-hydrogen) atoms. The standard InChI is InChI=1S/C14H28N4O3/c1-8(2)11(18-12(19)9(3)4)14(21)17-10(5)13(20)16-7-6-15/h8-11H,6-7,15H2,1-5H3,(H,16,20)(H,17,21)(H,18,19)/t10-,11?/m0/s1. The van der Waals surface area contributed by atoms with Gasteiger partial charge in [0.1, 0.15) is 12.1 Å². The Morgan fingerprint density at radius 2 is 1.48 bits per heavy atom. The molecule has 3 amide bonds. The number of rotatable bonds is 8. The van der Waals surface area contributed by atoms with Gasteiger partial charge in [-0.05, 0) is 12.8 Å². The van der Waals surface area contributed by atoms with Crippen LogP contribution >= 0.6 is 0 Å². The number of nitrogens with one attached hydrogen (secondary N) is 3. The molecule has 0 aliphatic carbocycles. The van der Waals surface area contributed by atoms with E-state index in [1.54, 1.807) is 20.8 Å². The van der Waals surface area contributed by atoms with Crippen molar-refractivity contribution in [3.05, 3.63) is 0 Å². The lowest BCUT2D eigenvalue weighted by atomic mass is 10.0. The van der Waals surface area contributed by atoms with Gasteiger partial charge in [0.15, 0.2) is 0 Å². The summed E-state index contributed by atoms with van der Waals surface area (Å²) in [5.41, 5.74) is 5.30. The van der Waals surface area contributed by atoms with Crippen molar-refractivity contribution in [3.63, 3.8) is 0 Å². The van der Waals surface area contributed by atoms with Crippen LogP contribution in [-0.2, 0) is 14.4 Å². The zero-order valence-electron chi connectivity index (χ0n) is 13.5. The van der Waals surface area contributed by atoms with Gasteiger partial charge in [0.05, 0.1) is 0 Å². The van der Waals surface area contributed by atoms with E-state index in [4.69, 9.17) is 5.73 Å². The van der Waals surface area contributed by atoms with Crippen LogP contribution in [0.15, 0.2) is 0 Å². The van der Waals surface area contributed by atoms with E-state index in [9.17, 15) is 14.4 Å². The molecule has 0 aromatic carbocycles. The maximum Gasteiger partial charge on any atom is 0.243 e. The number of carbonyl (C=O) groups is 3. The molecule has 0 bridgehead atoms. The molecule has 7 nitrogen and oxygen atoms in total. The minimum atomic E-state index is -0.679. The van der Waals surface area contributed by atoms with E-state index in [1.165, 1.54) is 0 Å². The predicted molar refractivity (Wildman–Crippen MR) is 81.3 cm³/mol. The van der Waals surface area contributed by atoms with Crippen LogP contribution in [0.2, 0.25) is 0 Å². The van der Waals surface area contributed by atoms with Crippen LogP contribution in [-0.4, -0.2) is 42.9 Å². The molecule has 0 saturated carbocycles. The summed E-state index contributed by atoms with van der Waals surface area (Å²) in [5.74, 6) is -1.14. The third kappa shape index (κ3) is 7.08. The summed E-state index contributed by atoms with van der Waals surface area (Å²) < 4.78 is 0. The van der Waals surface area contributed by atoms with E-state index in [2.05, 4.69) is 16.0 Å². The topological polar surface area (TPSA) is 113 Å². The molecule has 0 heterocycles. The fraction of sp³-hybridized carbons (Fsp3) is 0.786. The van der Waals surface area contributed by atoms with E-state index in [0.717, 1.165) is 0 Å². The molecule has 0 aromatic rings. The normalized spacial score (nSPS) is 13.7. The number of nitrogens with two attached hydrogens (primary N) is 1. The van der Waals surface area contributed by atoms with Gasteiger partial charge in [-0.25, -0.2) is 0 Å². The maximum atomic E-state index is 12.2. The van der Waals surface area contributed by atoms with Crippen molar-refractivity contribution in [1.29, 1.82) is 0 Å². The monoisotopic (exact) mass is 300 g/mol. The minimum Gasteiger partial charge on any atom is -0.353 e. The van der Waals surface area contributed by atoms with E-state index in [-0.39, 0.29) is 29.6 Å². The molecule has 0 rings (SSSR count). The highest BCUT2D eigenvalue weighted by Crippen LogP contribution is 2.04. The molecular weight excluding hydrogens is 272 g/mol. The third-order valence-corrected chi connectivity index (χ3v) is 2.97. The van der Waals surface area contributed by atoms with Crippen LogP contribution in [0.5, 0.6) is 0 Å². The maximum absolute atomic E-state index is 12.2. The van der Waals surface area contributed by atoms with Crippen molar-refractivity contribution < 1.29 is 14.4 Å². The molecule has 122 valence electrons. The lowest BCUT2D eigenvalue weighted by Gasteiger charge is -2.24. The van der Waals surface area contributed by atoms with Crippen LogP contribution < -0.4 is 21.7 Å². The SMILES string of the molecule is CC(C)C(=O)NC(C(=O)N[C@@H](C)C(=O)NCCN)C(C)C. The first-order chi connectivity index (χ1) is 9.70. The number of amides is 3. The highest BCUT2D eigenvalue weighted by atomic mass is 16.2. The number of hydrogen-bond donors (Lipinski definition) is 4. The van der Waals surface area contributed by atoms with Crippen molar-refractivity contribution in [2.24, 2.45) is 17.6 Å². The predicted octanol–water partition coefficient (Wildman–Crippen LogP) is -0.637. The van der Waals surface area contributed by atoms with Crippen LogP contribution in [0.3, 0.4) is 0 Å². The summed E-state index contributed by atoms with van der Waals surface area (Å²) in [4.78, 5) is 35.6. The largest absolute Gasteiger partial charge is 0.353 e. The van der Waals surface area contributed by atoms with E-state index in [0.29, 0.717) is 13.1 Å². The highest BCUT2D eigenvalue weighted by molar-refractivity contribution is 5.92. The fourth-order valence-corrected chi connectivity index (χ4v) is 1.57. The summed E-state index contributed by atoms with van der Waals surface area (Å²) in [6.45, 7) is 9.47. The van der Waals surface area contributed by atoms with Gasteiger partial charge in [0.25, 0.3) is 0 Å². The van der Waals surface area contributed by atoms with E-state index < -0.39 is 12.1 Å². The van der Waals surface area contributed by atoms with E-state index >= 15 is 0 Å². The Hall–Kier alpha value is -1.63. The first-order valence-corrected chi connectivity index (χ1v) is 7.29. The van der Waals surface area contributed by atoms with Crippen molar-refractivity contribution in [3.8, 4) is 0 Å². The molecule has 0 radical (unpaired) electrons. The van der Waals surface area contributed by atoms with Crippen LogP contribution in [0, 0.1) is 11.8 Å². The average Bonchev–Trinajstić information content (AvgIpc) is 2.40. The second-order valence-corrected chi connectivity index (χ2v) is 5.69. The molecular formula is C14H28N4O3. The Balaban J connectivity index is 4.61. The van der Waals surface area contributed by atoms with Crippen molar-refractivity contribution >= 4 is 17.7 Å². The first-order valence-electron chi connectivity index (χ1n) is 7.29.